The van der Waals surface area contributed by atoms with Gasteiger partial charge < -0.3 is 10.8 Å². The molecule has 64 valence electrons. The van der Waals surface area contributed by atoms with Gasteiger partial charge in [-0.1, -0.05) is 0 Å². The third kappa shape index (κ3) is 1.50. The Morgan fingerprint density at radius 1 is 1.64 bits per heavy atom. The zero-order chi connectivity index (χ0) is 8.70. The maximum Gasteiger partial charge on any atom is 0.341 e. The molecule has 11 heavy (non-hydrogen) atoms. The van der Waals surface area contributed by atoms with Crippen LogP contribution in [0.1, 0.15) is 26.2 Å². The van der Waals surface area contributed by atoms with Gasteiger partial charge in [0.25, 0.3) is 0 Å². The maximum absolute atomic E-state index is 13.3. The molecule has 0 aliphatic heterocycles. The second-order valence-electron chi connectivity index (χ2n) is 3.60. The highest BCUT2D eigenvalue weighted by atomic mass is 19.1. The van der Waals surface area contributed by atoms with Crippen molar-refractivity contribution in [2.75, 3.05) is 0 Å². The Morgan fingerprint density at radius 2 is 2.18 bits per heavy atom. The van der Waals surface area contributed by atoms with Crippen LogP contribution in [0, 0.1) is 0 Å². The van der Waals surface area contributed by atoms with Gasteiger partial charge in [0.05, 0.1) is 0 Å². The predicted octanol–water partition coefficient (Wildman–Crippen LogP) is 0.681. The van der Waals surface area contributed by atoms with E-state index in [-0.39, 0.29) is 12.8 Å². The highest BCUT2D eigenvalue weighted by Gasteiger charge is 2.49. The van der Waals surface area contributed by atoms with Crippen LogP contribution < -0.4 is 5.73 Å². The number of carboxylic acids is 1. The second kappa shape index (κ2) is 2.17. The molecule has 0 aromatic carbocycles. The first-order chi connectivity index (χ1) is 4.86. The summed E-state index contributed by atoms with van der Waals surface area (Å²) in [4.78, 5) is 10.4. The molecule has 3 N–H and O–H groups in total. The summed E-state index contributed by atoms with van der Waals surface area (Å²) in [6, 6.07) is 0. The Labute approximate surface area is 64.4 Å². The van der Waals surface area contributed by atoms with Crippen LogP contribution in [0.25, 0.3) is 0 Å². The molecule has 0 amide bonds. The molecule has 1 aliphatic carbocycles. The predicted molar refractivity (Wildman–Crippen MR) is 37.9 cm³/mol. The van der Waals surface area contributed by atoms with Crippen molar-refractivity contribution in [1.29, 1.82) is 0 Å². The monoisotopic (exact) mass is 161 g/mol. The lowest BCUT2D eigenvalue weighted by atomic mass is 9.98. The Bertz CT molecular complexity index is 193. The minimum absolute atomic E-state index is 0.0370. The van der Waals surface area contributed by atoms with E-state index in [0.29, 0.717) is 6.42 Å². The molecule has 1 rings (SSSR count). The molecular weight excluding hydrogens is 149 g/mol. The molecule has 0 spiro atoms. The van der Waals surface area contributed by atoms with E-state index >= 15 is 0 Å². The van der Waals surface area contributed by atoms with E-state index in [1.165, 1.54) is 0 Å². The van der Waals surface area contributed by atoms with Crippen molar-refractivity contribution in [3.05, 3.63) is 0 Å². The largest absolute Gasteiger partial charge is 0.479 e. The number of nitrogens with two attached hydrogens (primary N) is 1. The lowest BCUT2D eigenvalue weighted by Crippen LogP contribution is -2.38. The first-order valence-electron chi connectivity index (χ1n) is 3.57. The van der Waals surface area contributed by atoms with E-state index in [0.717, 1.165) is 0 Å². The van der Waals surface area contributed by atoms with Crippen molar-refractivity contribution in [1.82, 2.24) is 0 Å². The molecule has 1 saturated carbocycles. The van der Waals surface area contributed by atoms with Gasteiger partial charge in [0.2, 0.25) is 5.67 Å². The Kier molecular flexibility index (Phi) is 1.67. The molecule has 1 aliphatic rings. The van der Waals surface area contributed by atoms with Crippen molar-refractivity contribution in [2.24, 2.45) is 5.73 Å². The molecule has 0 aromatic rings. The van der Waals surface area contributed by atoms with Gasteiger partial charge >= 0.3 is 5.97 Å². The van der Waals surface area contributed by atoms with E-state index in [4.69, 9.17) is 10.8 Å². The van der Waals surface area contributed by atoms with Crippen LogP contribution in [-0.2, 0) is 4.79 Å². The molecule has 0 aromatic heterocycles. The van der Waals surface area contributed by atoms with E-state index in [2.05, 4.69) is 0 Å². The standard InChI is InChI=1S/C7H12FNO2/c1-6(9)2-3-7(8,4-6)5(10)11/h2-4,9H2,1H3,(H,10,11). The molecule has 0 heterocycles. The summed E-state index contributed by atoms with van der Waals surface area (Å²) in [6.07, 6.45) is 0.403. The summed E-state index contributed by atoms with van der Waals surface area (Å²) < 4.78 is 13.3. The number of carboxylic acid groups (broad SMARTS) is 1. The fraction of sp³-hybridized carbons (Fsp3) is 0.857. The van der Waals surface area contributed by atoms with Crippen molar-refractivity contribution < 1.29 is 14.3 Å². The summed E-state index contributed by atoms with van der Waals surface area (Å²) >= 11 is 0. The topological polar surface area (TPSA) is 63.3 Å². The quantitative estimate of drug-likeness (QED) is 0.594. The van der Waals surface area contributed by atoms with Crippen LogP contribution in [0.15, 0.2) is 0 Å². The SMILES string of the molecule is CC1(N)CCC(F)(C(=O)O)C1. The van der Waals surface area contributed by atoms with Crippen LogP contribution in [0.4, 0.5) is 4.39 Å². The van der Waals surface area contributed by atoms with Gasteiger partial charge in [0.15, 0.2) is 0 Å². The summed E-state index contributed by atoms with van der Waals surface area (Å²) in [5.41, 5.74) is 2.86. The lowest BCUT2D eigenvalue weighted by molar-refractivity contribution is -0.150. The number of hydrogen-bond donors (Lipinski definition) is 2. The normalized spacial score (nSPS) is 44.3. The van der Waals surface area contributed by atoms with Crippen molar-refractivity contribution >= 4 is 5.97 Å². The second-order valence-corrected chi connectivity index (χ2v) is 3.60. The van der Waals surface area contributed by atoms with Crippen molar-refractivity contribution in [3.63, 3.8) is 0 Å². The molecule has 2 unspecified atom stereocenters. The average Bonchev–Trinajstić information content (AvgIpc) is 2.08. The Hall–Kier alpha value is -0.640. The van der Waals surface area contributed by atoms with E-state index in [1.807, 2.05) is 0 Å². The summed E-state index contributed by atoms with van der Waals surface area (Å²) in [5, 5.41) is 8.47. The number of rotatable bonds is 1. The van der Waals surface area contributed by atoms with Crippen LogP contribution in [-0.4, -0.2) is 22.3 Å². The molecule has 0 radical (unpaired) electrons. The third-order valence-electron chi connectivity index (χ3n) is 2.16. The van der Waals surface area contributed by atoms with Crippen LogP contribution in [0.5, 0.6) is 0 Å². The highest BCUT2D eigenvalue weighted by molar-refractivity contribution is 5.78. The first kappa shape index (κ1) is 8.46. The summed E-state index contributed by atoms with van der Waals surface area (Å²) in [7, 11) is 0. The molecule has 0 bridgehead atoms. The van der Waals surface area contributed by atoms with E-state index in [1.54, 1.807) is 6.92 Å². The number of hydrogen-bond acceptors (Lipinski definition) is 2. The van der Waals surface area contributed by atoms with Crippen molar-refractivity contribution in [3.8, 4) is 0 Å². The number of halogens is 1. The fourth-order valence-corrected chi connectivity index (χ4v) is 1.48. The van der Waals surface area contributed by atoms with Gasteiger partial charge in [-0.15, -0.1) is 0 Å². The molecule has 3 nitrogen and oxygen atoms in total. The van der Waals surface area contributed by atoms with Crippen molar-refractivity contribution in [2.45, 2.75) is 37.4 Å². The van der Waals surface area contributed by atoms with Gasteiger partial charge in [-0.25, -0.2) is 9.18 Å². The number of aliphatic carboxylic acids is 1. The van der Waals surface area contributed by atoms with Gasteiger partial charge in [0.1, 0.15) is 0 Å². The number of carbonyl (C=O) groups is 1. The molecule has 4 heteroatoms. The minimum Gasteiger partial charge on any atom is -0.479 e. The molecule has 1 fully saturated rings. The minimum atomic E-state index is -2.08. The smallest absolute Gasteiger partial charge is 0.341 e. The van der Waals surface area contributed by atoms with Crippen LogP contribution in [0.3, 0.4) is 0 Å². The third-order valence-corrected chi connectivity index (χ3v) is 2.16. The first-order valence-corrected chi connectivity index (χ1v) is 3.57. The molecular formula is C7H12FNO2. The van der Waals surface area contributed by atoms with Gasteiger partial charge in [-0.2, -0.15) is 0 Å². The van der Waals surface area contributed by atoms with E-state index in [9.17, 15) is 9.18 Å². The zero-order valence-corrected chi connectivity index (χ0v) is 6.43. The van der Waals surface area contributed by atoms with E-state index < -0.39 is 17.2 Å². The maximum atomic E-state index is 13.3. The Balaban J connectivity index is 2.73. The van der Waals surface area contributed by atoms with Crippen LogP contribution in [0.2, 0.25) is 0 Å². The van der Waals surface area contributed by atoms with Gasteiger partial charge in [-0.05, 0) is 19.8 Å². The fourth-order valence-electron chi connectivity index (χ4n) is 1.48. The zero-order valence-electron chi connectivity index (χ0n) is 6.43. The van der Waals surface area contributed by atoms with Gasteiger partial charge in [-0.3, -0.25) is 0 Å². The summed E-state index contributed by atoms with van der Waals surface area (Å²) in [5.74, 6) is -1.38. The lowest BCUT2D eigenvalue weighted by Gasteiger charge is -2.18. The number of alkyl halides is 1. The molecule has 0 saturated heterocycles. The Morgan fingerprint density at radius 3 is 2.36 bits per heavy atom. The summed E-state index contributed by atoms with van der Waals surface area (Å²) in [6.45, 7) is 1.68. The van der Waals surface area contributed by atoms with Gasteiger partial charge in [0, 0.05) is 12.0 Å². The highest BCUT2D eigenvalue weighted by Crippen LogP contribution is 2.38. The van der Waals surface area contributed by atoms with Crippen LogP contribution >= 0.6 is 0 Å². The molecule has 2 atom stereocenters. The average molecular weight is 161 g/mol.